The Kier molecular flexibility index (Phi) is 8.27. The van der Waals surface area contributed by atoms with Gasteiger partial charge in [-0.2, -0.15) is 5.10 Å². The van der Waals surface area contributed by atoms with Crippen molar-refractivity contribution in [1.82, 2.24) is 5.43 Å². The minimum absolute atomic E-state index is 0.206. The quantitative estimate of drug-likeness (QED) is 0.312. The molecule has 4 heteroatoms. The fourth-order valence-corrected chi connectivity index (χ4v) is 2.65. The zero-order chi connectivity index (χ0) is 18.6. The molecule has 26 heavy (non-hydrogen) atoms. The predicted molar refractivity (Wildman–Crippen MR) is 107 cm³/mol. The molecule has 0 saturated heterocycles. The van der Waals surface area contributed by atoms with Crippen LogP contribution in [0, 0.1) is 0 Å². The summed E-state index contributed by atoms with van der Waals surface area (Å²) < 4.78 is 1.84. The molecule has 0 bridgehead atoms. The second-order valence-corrected chi connectivity index (χ2v) is 6.40. The number of nitrogens with one attached hydrogen (secondary N) is 1. The maximum absolute atomic E-state index is 12.2. The van der Waals surface area contributed by atoms with Crippen molar-refractivity contribution in [2.75, 3.05) is 0 Å². The maximum atomic E-state index is 12.2. The number of hydrogen-bond donors (Lipinski definition) is 1. The molecule has 0 atom stereocenters. The number of amides is 1. The molecule has 136 valence electrons. The Morgan fingerprint density at radius 1 is 1.12 bits per heavy atom. The van der Waals surface area contributed by atoms with Gasteiger partial charge in [0.2, 0.25) is 0 Å². The van der Waals surface area contributed by atoms with Gasteiger partial charge in [-0.05, 0) is 30.0 Å². The summed E-state index contributed by atoms with van der Waals surface area (Å²) in [5, 5.41) is 4.17. The van der Waals surface area contributed by atoms with E-state index in [-0.39, 0.29) is 5.91 Å². The van der Waals surface area contributed by atoms with Gasteiger partial charge in [-0.3, -0.25) is 4.79 Å². The molecule has 2 aromatic rings. The summed E-state index contributed by atoms with van der Waals surface area (Å²) in [5.74, 6) is -0.206. The van der Waals surface area contributed by atoms with Crippen molar-refractivity contribution < 1.29 is 9.36 Å². The van der Waals surface area contributed by atoms with Crippen LogP contribution in [0.5, 0.6) is 0 Å². The van der Waals surface area contributed by atoms with E-state index in [1.165, 1.54) is 19.3 Å². The minimum Gasteiger partial charge on any atom is -0.267 e. The lowest BCUT2D eigenvalue weighted by Gasteiger charge is -2.03. The SMILES string of the molecule is CCCCCCC(/C=N/NC(=O)c1ccc[n+](C)c1)=C\c1ccccc1. The van der Waals surface area contributed by atoms with Crippen molar-refractivity contribution in [3.63, 3.8) is 0 Å². The van der Waals surface area contributed by atoms with Crippen molar-refractivity contribution >= 4 is 18.2 Å². The topological polar surface area (TPSA) is 45.3 Å². The number of rotatable bonds is 9. The Bertz CT molecular complexity index is 751. The molecule has 1 aromatic carbocycles. The number of allylic oxidation sites excluding steroid dienone is 1. The molecule has 0 spiro atoms. The van der Waals surface area contributed by atoms with Gasteiger partial charge >= 0.3 is 0 Å². The Morgan fingerprint density at radius 2 is 1.92 bits per heavy atom. The summed E-state index contributed by atoms with van der Waals surface area (Å²) in [6.45, 7) is 2.21. The maximum Gasteiger partial charge on any atom is 0.277 e. The first-order chi connectivity index (χ1) is 12.7. The van der Waals surface area contributed by atoms with Crippen LogP contribution in [0.2, 0.25) is 0 Å². The van der Waals surface area contributed by atoms with Crippen molar-refractivity contribution in [2.45, 2.75) is 39.0 Å². The fraction of sp³-hybridized carbons (Fsp3) is 0.318. The van der Waals surface area contributed by atoms with E-state index in [9.17, 15) is 4.79 Å². The molecule has 4 nitrogen and oxygen atoms in total. The standard InChI is InChI=1S/C22H27N3O/c1-3-4-5-7-13-20(16-19-11-8-6-9-12-19)17-23-24-22(26)21-14-10-15-25(2)18-21/h6,8-12,14-18H,3-5,7,13H2,1-2H3/p+1/b20-16+,23-17+. The van der Waals surface area contributed by atoms with Crippen LogP contribution in [0.25, 0.3) is 6.08 Å². The highest BCUT2D eigenvalue weighted by Crippen LogP contribution is 2.13. The monoisotopic (exact) mass is 350 g/mol. The smallest absolute Gasteiger partial charge is 0.267 e. The third kappa shape index (κ3) is 7.01. The van der Waals surface area contributed by atoms with E-state index in [1.54, 1.807) is 18.5 Å². The van der Waals surface area contributed by atoms with E-state index in [0.717, 1.165) is 24.0 Å². The zero-order valence-electron chi connectivity index (χ0n) is 15.7. The van der Waals surface area contributed by atoms with Crippen molar-refractivity contribution in [1.29, 1.82) is 0 Å². The van der Waals surface area contributed by atoms with E-state index < -0.39 is 0 Å². The molecule has 0 aliphatic rings. The first-order valence-electron chi connectivity index (χ1n) is 9.23. The molecular weight excluding hydrogens is 322 g/mol. The van der Waals surface area contributed by atoms with Crippen LogP contribution in [-0.4, -0.2) is 12.1 Å². The van der Waals surface area contributed by atoms with E-state index in [0.29, 0.717) is 5.56 Å². The lowest BCUT2D eigenvalue weighted by atomic mass is 10.0. The number of hydrogen-bond acceptors (Lipinski definition) is 2. The van der Waals surface area contributed by atoms with Gasteiger partial charge in [-0.1, -0.05) is 62.6 Å². The van der Waals surface area contributed by atoms with Crippen LogP contribution in [0.4, 0.5) is 0 Å². The Hall–Kier alpha value is -2.75. The van der Waals surface area contributed by atoms with Crippen LogP contribution in [0.1, 0.15) is 54.9 Å². The Balaban J connectivity index is 2.01. The van der Waals surface area contributed by atoms with E-state index in [1.807, 2.05) is 42.1 Å². The second-order valence-electron chi connectivity index (χ2n) is 6.40. The molecule has 1 amide bonds. The normalized spacial score (nSPS) is 11.7. The molecule has 1 aromatic heterocycles. The largest absolute Gasteiger partial charge is 0.277 e. The number of aryl methyl sites for hydroxylation is 1. The highest BCUT2D eigenvalue weighted by Gasteiger charge is 2.07. The number of nitrogens with zero attached hydrogens (tertiary/aromatic N) is 2. The molecule has 0 radical (unpaired) electrons. The molecule has 1 heterocycles. The van der Waals surface area contributed by atoms with Crippen LogP contribution in [0.3, 0.4) is 0 Å². The Morgan fingerprint density at radius 3 is 2.65 bits per heavy atom. The molecular formula is C22H28N3O+. The van der Waals surface area contributed by atoms with Gasteiger partial charge in [-0.25, -0.2) is 9.99 Å². The lowest BCUT2D eigenvalue weighted by Crippen LogP contribution is -2.29. The zero-order valence-corrected chi connectivity index (χ0v) is 15.7. The van der Waals surface area contributed by atoms with Gasteiger partial charge in [0.1, 0.15) is 12.6 Å². The van der Waals surface area contributed by atoms with Gasteiger partial charge in [0.15, 0.2) is 12.4 Å². The van der Waals surface area contributed by atoms with E-state index in [2.05, 4.69) is 35.7 Å². The van der Waals surface area contributed by atoms with Crippen molar-refractivity contribution in [3.05, 3.63) is 71.6 Å². The highest BCUT2D eigenvalue weighted by molar-refractivity contribution is 5.94. The number of hydrazone groups is 1. The molecule has 0 fully saturated rings. The summed E-state index contributed by atoms with van der Waals surface area (Å²) in [4.78, 5) is 12.2. The number of aromatic nitrogens is 1. The molecule has 0 aliphatic carbocycles. The van der Waals surface area contributed by atoms with Gasteiger partial charge < -0.3 is 0 Å². The van der Waals surface area contributed by atoms with Crippen LogP contribution >= 0.6 is 0 Å². The van der Waals surface area contributed by atoms with Crippen LogP contribution in [-0.2, 0) is 7.05 Å². The summed E-state index contributed by atoms with van der Waals surface area (Å²) >= 11 is 0. The molecule has 0 unspecified atom stereocenters. The van der Waals surface area contributed by atoms with E-state index in [4.69, 9.17) is 0 Å². The van der Waals surface area contributed by atoms with Gasteiger partial charge in [0.05, 0.1) is 6.21 Å². The average Bonchev–Trinajstić information content (AvgIpc) is 2.65. The number of carbonyl (C=O) groups excluding carboxylic acids is 1. The Labute approximate surface area is 156 Å². The number of carbonyl (C=O) groups is 1. The predicted octanol–water partition coefficient (Wildman–Crippen LogP) is 4.28. The first-order valence-corrected chi connectivity index (χ1v) is 9.23. The van der Waals surface area contributed by atoms with Gasteiger partial charge in [0.25, 0.3) is 5.91 Å². The molecule has 2 rings (SSSR count). The van der Waals surface area contributed by atoms with Gasteiger partial charge in [-0.15, -0.1) is 0 Å². The average molecular weight is 350 g/mol. The summed E-state index contributed by atoms with van der Waals surface area (Å²) in [5.41, 5.74) is 5.47. The third-order valence-corrected chi connectivity index (χ3v) is 4.07. The number of unbranched alkanes of at least 4 members (excludes halogenated alkanes) is 3. The van der Waals surface area contributed by atoms with Crippen molar-refractivity contribution in [2.24, 2.45) is 12.1 Å². The second kappa shape index (κ2) is 11.0. The first kappa shape index (κ1) is 19.6. The van der Waals surface area contributed by atoms with E-state index >= 15 is 0 Å². The van der Waals surface area contributed by atoms with Crippen LogP contribution < -0.4 is 9.99 Å². The number of benzene rings is 1. The fourth-order valence-electron chi connectivity index (χ4n) is 2.65. The third-order valence-electron chi connectivity index (χ3n) is 4.07. The minimum atomic E-state index is -0.206. The van der Waals surface area contributed by atoms with Crippen LogP contribution in [0.15, 0.2) is 65.5 Å². The number of pyridine rings is 1. The summed E-state index contributed by atoms with van der Waals surface area (Å²) in [6.07, 6.45) is 13.3. The summed E-state index contributed by atoms with van der Waals surface area (Å²) in [6, 6.07) is 13.8. The lowest BCUT2D eigenvalue weighted by molar-refractivity contribution is -0.671. The molecule has 1 N–H and O–H groups in total. The molecule has 0 saturated carbocycles. The summed E-state index contributed by atoms with van der Waals surface area (Å²) in [7, 11) is 1.89. The molecule has 0 aliphatic heterocycles. The highest BCUT2D eigenvalue weighted by atomic mass is 16.2. The van der Waals surface area contributed by atoms with Gasteiger partial charge in [0, 0.05) is 6.07 Å². The van der Waals surface area contributed by atoms with Crippen molar-refractivity contribution in [3.8, 4) is 0 Å².